The molecule has 0 aromatic heterocycles. The summed E-state index contributed by atoms with van der Waals surface area (Å²) in [5.41, 5.74) is 0.798. The molecule has 0 aliphatic heterocycles. The lowest BCUT2D eigenvalue weighted by Gasteiger charge is -2.10. The first-order valence-corrected chi connectivity index (χ1v) is 6.23. The molecule has 0 amide bonds. The zero-order chi connectivity index (χ0) is 14.0. The third kappa shape index (κ3) is 3.12. The van der Waals surface area contributed by atoms with Crippen molar-refractivity contribution in [3.05, 3.63) is 57.8 Å². The van der Waals surface area contributed by atoms with Crippen molar-refractivity contribution in [1.29, 1.82) is 0 Å². The molecule has 0 atom stereocenters. The predicted molar refractivity (Wildman–Crippen MR) is 72.3 cm³/mol. The molecule has 0 aliphatic carbocycles. The summed E-state index contributed by atoms with van der Waals surface area (Å²) in [6.07, 6.45) is 0. The van der Waals surface area contributed by atoms with E-state index in [-0.39, 0.29) is 17.1 Å². The molecule has 0 fully saturated rings. The maximum absolute atomic E-state index is 13.6. The van der Waals surface area contributed by atoms with Crippen molar-refractivity contribution in [1.82, 2.24) is 0 Å². The lowest BCUT2D eigenvalue weighted by atomic mass is 10.2. The van der Waals surface area contributed by atoms with E-state index in [2.05, 4.69) is 15.9 Å². The van der Waals surface area contributed by atoms with E-state index in [1.807, 2.05) is 0 Å². The molecule has 2 aromatic carbocycles. The molecular weight excluding hydrogens is 315 g/mol. The van der Waals surface area contributed by atoms with Crippen LogP contribution in [0, 0.1) is 12.7 Å². The maximum atomic E-state index is 13.6. The number of aromatic carboxylic acids is 1. The number of halogens is 2. The van der Waals surface area contributed by atoms with Crippen LogP contribution in [0.25, 0.3) is 0 Å². The molecule has 0 unspecified atom stereocenters. The summed E-state index contributed by atoms with van der Waals surface area (Å²) in [6, 6.07) is 8.88. The van der Waals surface area contributed by atoms with E-state index < -0.39 is 11.8 Å². The summed E-state index contributed by atoms with van der Waals surface area (Å²) in [5, 5.41) is 9.07. The van der Waals surface area contributed by atoms with Crippen LogP contribution in [0.3, 0.4) is 0 Å². The SMILES string of the molecule is Cc1ccc(F)c(Oc2cc(Br)ccc2C(=O)O)c1. The Labute approximate surface area is 117 Å². The monoisotopic (exact) mass is 324 g/mol. The van der Waals surface area contributed by atoms with Gasteiger partial charge in [-0.15, -0.1) is 0 Å². The minimum Gasteiger partial charge on any atom is -0.478 e. The zero-order valence-electron chi connectivity index (χ0n) is 9.98. The van der Waals surface area contributed by atoms with Crippen molar-refractivity contribution in [3.63, 3.8) is 0 Å². The molecule has 19 heavy (non-hydrogen) atoms. The van der Waals surface area contributed by atoms with Gasteiger partial charge in [-0.1, -0.05) is 22.0 Å². The molecule has 0 heterocycles. The highest BCUT2D eigenvalue weighted by Gasteiger charge is 2.14. The molecule has 2 aromatic rings. The molecule has 5 heteroatoms. The van der Waals surface area contributed by atoms with Crippen LogP contribution >= 0.6 is 15.9 Å². The van der Waals surface area contributed by atoms with Gasteiger partial charge in [0.1, 0.15) is 11.3 Å². The van der Waals surface area contributed by atoms with Gasteiger partial charge in [-0.25, -0.2) is 9.18 Å². The second kappa shape index (κ2) is 5.40. The molecule has 0 aliphatic rings. The zero-order valence-corrected chi connectivity index (χ0v) is 11.6. The minimum absolute atomic E-state index is 0.000556. The van der Waals surface area contributed by atoms with Crippen molar-refractivity contribution >= 4 is 21.9 Å². The molecule has 0 spiro atoms. The summed E-state index contributed by atoms with van der Waals surface area (Å²) >= 11 is 3.23. The molecule has 1 N–H and O–H groups in total. The Hall–Kier alpha value is -1.88. The quantitative estimate of drug-likeness (QED) is 0.910. The van der Waals surface area contributed by atoms with Crippen molar-refractivity contribution in [2.75, 3.05) is 0 Å². The number of benzene rings is 2. The van der Waals surface area contributed by atoms with Crippen LogP contribution in [0.15, 0.2) is 40.9 Å². The summed E-state index contributed by atoms with van der Waals surface area (Å²) in [4.78, 5) is 11.1. The van der Waals surface area contributed by atoms with Gasteiger partial charge in [0.05, 0.1) is 0 Å². The first-order chi connectivity index (χ1) is 8.97. The second-order valence-electron chi connectivity index (χ2n) is 3.98. The number of carboxylic acid groups (broad SMARTS) is 1. The number of hydrogen-bond acceptors (Lipinski definition) is 2. The Morgan fingerprint density at radius 3 is 2.63 bits per heavy atom. The number of carbonyl (C=O) groups is 1. The molecule has 2 rings (SSSR count). The van der Waals surface area contributed by atoms with Gasteiger partial charge in [0.15, 0.2) is 11.6 Å². The molecule has 0 bridgehead atoms. The topological polar surface area (TPSA) is 46.5 Å². The van der Waals surface area contributed by atoms with Crippen molar-refractivity contribution in [2.45, 2.75) is 6.92 Å². The second-order valence-corrected chi connectivity index (χ2v) is 4.90. The van der Waals surface area contributed by atoms with Crippen LogP contribution in [-0.2, 0) is 0 Å². The molecular formula is C14H10BrFO3. The smallest absolute Gasteiger partial charge is 0.339 e. The molecule has 98 valence electrons. The lowest BCUT2D eigenvalue weighted by Crippen LogP contribution is -2.00. The molecule has 0 radical (unpaired) electrons. The summed E-state index contributed by atoms with van der Waals surface area (Å²) < 4.78 is 19.6. The number of aryl methyl sites for hydroxylation is 1. The Kier molecular flexibility index (Phi) is 3.85. The van der Waals surface area contributed by atoms with E-state index in [1.165, 1.54) is 24.3 Å². The molecule has 0 saturated heterocycles. The first kappa shape index (κ1) is 13.5. The van der Waals surface area contributed by atoms with Crippen LogP contribution in [0.2, 0.25) is 0 Å². The number of rotatable bonds is 3. The number of hydrogen-bond donors (Lipinski definition) is 1. The van der Waals surface area contributed by atoms with E-state index >= 15 is 0 Å². The van der Waals surface area contributed by atoms with Gasteiger partial charge >= 0.3 is 5.97 Å². The highest BCUT2D eigenvalue weighted by atomic mass is 79.9. The van der Waals surface area contributed by atoms with E-state index in [4.69, 9.17) is 9.84 Å². The summed E-state index contributed by atoms with van der Waals surface area (Å²) in [7, 11) is 0. The van der Waals surface area contributed by atoms with Crippen LogP contribution in [0.1, 0.15) is 15.9 Å². The molecule has 3 nitrogen and oxygen atoms in total. The average Bonchev–Trinajstić information content (AvgIpc) is 2.33. The van der Waals surface area contributed by atoms with Gasteiger partial charge in [-0.05, 0) is 42.8 Å². The van der Waals surface area contributed by atoms with E-state index in [0.717, 1.165) is 5.56 Å². The Morgan fingerprint density at radius 2 is 1.95 bits per heavy atom. The lowest BCUT2D eigenvalue weighted by molar-refractivity contribution is 0.0694. The van der Waals surface area contributed by atoms with Crippen molar-refractivity contribution in [2.24, 2.45) is 0 Å². The van der Waals surface area contributed by atoms with Crippen LogP contribution < -0.4 is 4.74 Å². The van der Waals surface area contributed by atoms with Gasteiger partial charge in [0.25, 0.3) is 0 Å². The summed E-state index contributed by atoms with van der Waals surface area (Å²) in [6.45, 7) is 1.80. The largest absolute Gasteiger partial charge is 0.478 e. The van der Waals surface area contributed by atoms with E-state index in [1.54, 1.807) is 19.1 Å². The van der Waals surface area contributed by atoms with Gasteiger partial charge in [-0.2, -0.15) is 0 Å². The fourth-order valence-electron chi connectivity index (χ4n) is 1.56. The van der Waals surface area contributed by atoms with Gasteiger partial charge in [0, 0.05) is 4.47 Å². The standard InChI is InChI=1S/C14H10BrFO3/c1-8-2-5-11(16)13(6-8)19-12-7-9(15)3-4-10(12)14(17)18/h2-7H,1H3,(H,17,18). The minimum atomic E-state index is -1.13. The van der Waals surface area contributed by atoms with Gasteiger partial charge in [-0.3, -0.25) is 0 Å². The van der Waals surface area contributed by atoms with Crippen molar-refractivity contribution in [3.8, 4) is 11.5 Å². The van der Waals surface area contributed by atoms with Crippen LogP contribution in [-0.4, -0.2) is 11.1 Å². The average molecular weight is 325 g/mol. The number of carboxylic acids is 1. The maximum Gasteiger partial charge on any atom is 0.339 e. The van der Waals surface area contributed by atoms with Crippen LogP contribution in [0.4, 0.5) is 4.39 Å². The van der Waals surface area contributed by atoms with Gasteiger partial charge < -0.3 is 9.84 Å². The Morgan fingerprint density at radius 1 is 1.21 bits per heavy atom. The fraction of sp³-hybridized carbons (Fsp3) is 0.0714. The predicted octanol–water partition coefficient (Wildman–Crippen LogP) is 4.39. The van der Waals surface area contributed by atoms with E-state index in [9.17, 15) is 9.18 Å². The summed E-state index contributed by atoms with van der Waals surface area (Å²) in [5.74, 6) is -1.58. The van der Waals surface area contributed by atoms with Crippen LogP contribution in [0.5, 0.6) is 11.5 Å². The van der Waals surface area contributed by atoms with Gasteiger partial charge in [0.2, 0.25) is 0 Å². The third-order valence-corrected chi connectivity index (χ3v) is 2.97. The Balaban J connectivity index is 2.45. The molecule has 0 saturated carbocycles. The first-order valence-electron chi connectivity index (χ1n) is 5.44. The normalized spacial score (nSPS) is 10.3. The highest BCUT2D eigenvalue weighted by molar-refractivity contribution is 9.10. The highest BCUT2D eigenvalue weighted by Crippen LogP contribution is 2.30. The van der Waals surface area contributed by atoms with E-state index in [0.29, 0.717) is 4.47 Å². The third-order valence-electron chi connectivity index (χ3n) is 2.48. The van der Waals surface area contributed by atoms with Crippen molar-refractivity contribution < 1.29 is 19.0 Å². The number of ether oxygens (including phenoxy) is 1. The fourth-order valence-corrected chi connectivity index (χ4v) is 1.90. The Bertz CT molecular complexity index is 641.